The summed E-state index contributed by atoms with van der Waals surface area (Å²) in [5.41, 5.74) is 0.224. The van der Waals surface area contributed by atoms with Crippen LogP contribution >= 0.6 is 15.9 Å². The summed E-state index contributed by atoms with van der Waals surface area (Å²) < 4.78 is 0. The van der Waals surface area contributed by atoms with Crippen molar-refractivity contribution in [3.8, 4) is 0 Å². The summed E-state index contributed by atoms with van der Waals surface area (Å²) in [7, 11) is 0. The molecule has 0 fully saturated rings. The van der Waals surface area contributed by atoms with Crippen molar-refractivity contribution in [1.82, 2.24) is 5.32 Å². The van der Waals surface area contributed by atoms with Crippen molar-refractivity contribution in [2.24, 2.45) is 11.3 Å². The Kier molecular flexibility index (Phi) is 8.08. The topological polar surface area (TPSA) is 29.1 Å². The Morgan fingerprint density at radius 3 is 2.25 bits per heavy atom. The summed E-state index contributed by atoms with van der Waals surface area (Å²) in [6, 6.07) is 0. The van der Waals surface area contributed by atoms with E-state index >= 15 is 0 Å². The van der Waals surface area contributed by atoms with Crippen LogP contribution in [0.3, 0.4) is 0 Å². The Bertz CT molecular complexity index is 194. The van der Waals surface area contributed by atoms with Gasteiger partial charge in [-0.1, -0.05) is 50.0 Å². The summed E-state index contributed by atoms with van der Waals surface area (Å²) >= 11 is 3.56. The molecule has 1 unspecified atom stereocenters. The summed E-state index contributed by atoms with van der Waals surface area (Å²) in [4.78, 5) is 11.8. The standard InChI is InChI=1S/C13H26BrNO/c1-5-8-11(4)12(16)15-10-13(6-2,7-3)9-14/h11H,5-10H2,1-4H3,(H,15,16). The van der Waals surface area contributed by atoms with Gasteiger partial charge in [0.1, 0.15) is 0 Å². The van der Waals surface area contributed by atoms with E-state index in [1.165, 1.54) is 0 Å². The fourth-order valence-corrected chi connectivity index (χ4v) is 2.74. The van der Waals surface area contributed by atoms with E-state index < -0.39 is 0 Å². The summed E-state index contributed by atoms with van der Waals surface area (Å²) in [5.74, 6) is 0.348. The number of carbonyl (C=O) groups is 1. The number of carbonyl (C=O) groups excluding carboxylic acids is 1. The quantitative estimate of drug-likeness (QED) is 0.678. The highest BCUT2D eigenvalue weighted by Crippen LogP contribution is 2.27. The lowest BCUT2D eigenvalue weighted by atomic mass is 9.84. The molecule has 96 valence electrons. The number of alkyl halides is 1. The van der Waals surface area contributed by atoms with Crippen molar-refractivity contribution < 1.29 is 4.79 Å². The molecule has 16 heavy (non-hydrogen) atoms. The highest BCUT2D eigenvalue weighted by Gasteiger charge is 2.26. The van der Waals surface area contributed by atoms with E-state index in [4.69, 9.17) is 0 Å². The zero-order valence-corrected chi connectivity index (χ0v) is 12.7. The highest BCUT2D eigenvalue weighted by molar-refractivity contribution is 9.09. The van der Waals surface area contributed by atoms with Crippen molar-refractivity contribution in [3.05, 3.63) is 0 Å². The number of hydrogen-bond acceptors (Lipinski definition) is 1. The van der Waals surface area contributed by atoms with Gasteiger partial charge in [-0.3, -0.25) is 4.79 Å². The van der Waals surface area contributed by atoms with Crippen LogP contribution in [0.25, 0.3) is 0 Å². The smallest absolute Gasteiger partial charge is 0.222 e. The molecule has 0 aromatic carbocycles. The number of hydrogen-bond donors (Lipinski definition) is 1. The Hall–Kier alpha value is -0.0500. The van der Waals surface area contributed by atoms with Gasteiger partial charge in [-0.25, -0.2) is 0 Å². The van der Waals surface area contributed by atoms with Gasteiger partial charge >= 0.3 is 0 Å². The van der Waals surface area contributed by atoms with Gasteiger partial charge in [0.25, 0.3) is 0 Å². The Morgan fingerprint density at radius 1 is 1.31 bits per heavy atom. The first-order valence-electron chi connectivity index (χ1n) is 6.38. The second-order valence-electron chi connectivity index (χ2n) is 4.75. The Labute approximate surface area is 109 Å². The van der Waals surface area contributed by atoms with Crippen molar-refractivity contribution in [3.63, 3.8) is 0 Å². The molecule has 0 aliphatic heterocycles. The minimum atomic E-state index is 0.145. The van der Waals surface area contributed by atoms with E-state index in [1.54, 1.807) is 0 Å². The molecule has 0 aliphatic rings. The van der Waals surface area contributed by atoms with Crippen LogP contribution in [0.1, 0.15) is 53.4 Å². The van der Waals surface area contributed by atoms with Crippen molar-refractivity contribution in [2.45, 2.75) is 53.4 Å². The van der Waals surface area contributed by atoms with E-state index in [9.17, 15) is 4.79 Å². The maximum Gasteiger partial charge on any atom is 0.222 e. The third kappa shape index (κ3) is 4.86. The van der Waals surface area contributed by atoms with Crippen LogP contribution in [0.4, 0.5) is 0 Å². The second kappa shape index (κ2) is 8.10. The molecular weight excluding hydrogens is 266 g/mol. The largest absolute Gasteiger partial charge is 0.355 e. The van der Waals surface area contributed by atoms with Crippen LogP contribution < -0.4 is 5.32 Å². The lowest BCUT2D eigenvalue weighted by molar-refractivity contribution is -0.125. The minimum absolute atomic E-state index is 0.145. The number of amides is 1. The molecule has 1 N–H and O–H groups in total. The lowest BCUT2D eigenvalue weighted by Gasteiger charge is -2.30. The highest BCUT2D eigenvalue weighted by atomic mass is 79.9. The molecule has 2 nitrogen and oxygen atoms in total. The maximum atomic E-state index is 11.8. The van der Waals surface area contributed by atoms with Gasteiger partial charge in [0.2, 0.25) is 5.91 Å². The van der Waals surface area contributed by atoms with E-state index in [0.717, 1.165) is 37.6 Å². The van der Waals surface area contributed by atoms with Gasteiger partial charge in [0.05, 0.1) is 0 Å². The summed E-state index contributed by atoms with van der Waals surface area (Å²) in [6.07, 6.45) is 4.24. The molecule has 0 saturated carbocycles. The van der Waals surface area contributed by atoms with Crippen LogP contribution in [0, 0.1) is 11.3 Å². The second-order valence-corrected chi connectivity index (χ2v) is 5.31. The van der Waals surface area contributed by atoms with Gasteiger partial charge in [-0.05, 0) is 24.7 Å². The van der Waals surface area contributed by atoms with Gasteiger partial charge in [-0.2, -0.15) is 0 Å². The monoisotopic (exact) mass is 291 g/mol. The SMILES string of the molecule is CCCC(C)C(=O)NCC(CC)(CC)CBr. The molecular formula is C13H26BrNO. The molecule has 0 aromatic rings. The number of halogens is 1. The van der Waals surface area contributed by atoms with E-state index in [0.29, 0.717) is 0 Å². The predicted octanol–water partition coefficient (Wildman–Crippen LogP) is 3.74. The third-order valence-electron chi connectivity index (χ3n) is 3.59. The number of nitrogens with one attached hydrogen (secondary N) is 1. The van der Waals surface area contributed by atoms with Gasteiger partial charge in [-0.15, -0.1) is 0 Å². The van der Waals surface area contributed by atoms with Gasteiger partial charge in [0.15, 0.2) is 0 Å². The zero-order valence-electron chi connectivity index (χ0n) is 11.1. The number of rotatable bonds is 8. The first-order chi connectivity index (χ1) is 7.55. The van der Waals surface area contributed by atoms with Crippen molar-refractivity contribution in [1.29, 1.82) is 0 Å². The minimum Gasteiger partial charge on any atom is -0.355 e. The van der Waals surface area contributed by atoms with Crippen molar-refractivity contribution >= 4 is 21.8 Å². The van der Waals surface area contributed by atoms with Crippen molar-refractivity contribution in [2.75, 3.05) is 11.9 Å². The van der Waals surface area contributed by atoms with Gasteiger partial charge < -0.3 is 5.32 Å². The normalized spacial score (nSPS) is 13.6. The Balaban J connectivity index is 4.15. The fourth-order valence-electron chi connectivity index (χ4n) is 1.75. The first-order valence-corrected chi connectivity index (χ1v) is 7.51. The van der Waals surface area contributed by atoms with E-state index in [1.807, 2.05) is 6.92 Å². The average Bonchev–Trinajstić information content (AvgIpc) is 2.31. The molecule has 0 bridgehead atoms. The van der Waals surface area contributed by atoms with Crippen LogP contribution in [0.2, 0.25) is 0 Å². The Morgan fingerprint density at radius 2 is 1.88 bits per heavy atom. The zero-order chi connectivity index (χ0) is 12.6. The molecule has 0 spiro atoms. The first kappa shape index (κ1) is 16.0. The molecule has 3 heteroatoms. The summed E-state index contributed by atoms with van der Waals surface area (Å²) in [5, 5.41) is 4.05. The van der Waals surface area contributed by atoms with Crippen LogP contribution in [0.5, 0.6) is 0 Å². The molecule has 0 saturated heterocycles. The molecule has 1 amide bonds. The third-order valence-corrected chi connectivity index (χ3v) is 4.78. The molecule has 1 atom stereocenters. The molecule has 0 aromatic heterocycles. The van der Waals surface area contributed by atoms with E-state index in [2.05, 4.69) is 42.0 Å². The average molecular weight is 292 g/mol. The molecule has 0 radical (unpaired) electrons. The maximum absolute atomic E-state index is 11.8. The molecule has 0 heterocycles. The lowest BCUT2D eigenvalue weighted by Crippen LogP contribution is -2.40. The predicted molar refractivity (Wildman–Crippen MR) is 73.9 cm³/mol. The summed E-state index contributed by atoms with van der Waals surface area (Å²) in [6.45, 7) is 9.29. The molecule has 0 aliphatic carbocycles. The van der Waals surface area contributed by atoms with Crippen LogP contribution in [0.15, 0.2) is 0 Å². The van der Waals surface area contributed by atoms with Crippen LogP contribution in [-0.4, -0.2) is 17.8 Å². The fraction of sp³-hybridized carbons (Fsp3) is 0.923. The van der Waals surface area contributed by atoms with E-state index in [-0.39, 0.29) is 17.2 Å². The van der Waals surface area contributed by atoms with Gasteiger partial charge in [0, 0.05) is 17.8 Å². The van der Waals surface area contributed by atoms with Crippen LogP contribution in [-0.2, 0) is 4.79 Å². The molecule has 0 rings (SSSR count).